The summed E-state index contributed by atoms with van der Waals surface area (Å²) in [5.74, 6) is 0. The third-order valence-corrected chi connectivity index (χ3v) is 4.74. The van der Waals surface area contributed by atoms with Crippen molar-refractivity contribution in [2.24, 2.45) is 12.8 Å². The number of thiocarbonyl (C=S) groups is 1. The largest absolute Gasteiger partial charge is 0.392 e. The van der Waals surface area contributed by atoms with Gasteiger partial charge >= 0.3 is 0 Å². The van der Waals surface area contributed by atoms with Gasteiger partial charge < -0.3 is 10.6 Å². The summed E-state index contributed by atoms with van der Waals surface area (Å²) in [5.41, 5.74) is 6.97. The number of hydrogen-bond acceptors (Lipinski definition) is 4. The molecule has 0 amide bonds. The Morgan fingerprint density at radius 3 is 2.50 bits per heavy atom. The molecule has 1 saturated heterocycles. The number of hydrogen-bond donors (Lipinski definition) is 1. The summed E-state index contributed by atoms with van der Waals surface area (Å²) in [5, 5.41) is 4.21. The number of piperazine rings is 1. The molecule has 5 nitrogen and oxygen atoms in total. The van der Waals surface area contributed by atoms with Crippen LogP contribution in [0.25, 0.3) is 0 Å². The van der Waals surface area contributed by atoms with Crippen molar-refractivity contribution in [3.05, 3.63) is 18.0 Å². The number of aryl methyl sites for hydroxylation is 1. The number of nitrogens with two attached hydrogens (primary N) is 1. The van der Waals surface area contributed by atoms with Gasteiger partial charge in [0, 0.05) is 46.0 Å². The molecule has 0 bridgehead atoms. The molecule has 0 saturated carbocycles. The molecule has 2 N–H and O–H groups in total. The van der Waals surface area contributed by atoms with E-state index in [9.17, 15) is 0 Å². The lowest BCUT2D eigenvalue weighted by Gasteiger charge is -2.43. The molecule has 1 aromatic rings. The van der Waals surface area contributed by atoms with Crippen molar-refractivity contribution in [3.63, 3.8) is 0 Å². The zero-order valence-corrected chi connectivity index (χ0v) is 13.5. The molecule has 1 aliphatic rings. The smallest absolute Gasteiger partial charge is 0.0928 e. The molecule has 2 heterocycles. The van der Waals surface area contributed by atoms with Crippen molar-refractivity contribution < 1.29 is 0 Å². The highest BCUT2D eigenvalue weighted by Crippen LogP contribution is 2.17. The summed E-state index contributed by atoms with van der Waals surface area (Å²) in [6.45, 7) is 9.52. The van der Waals surface area contributed by atoms with Gasteiger partial charge in [-0.3, -0.25) is 9.58 Å². The summed E-state index contributed by atoms with van der Waals surface area (Å²) < 4.78 is 1.86. The fourth-order valence-electron chi connectivity index (χ4n) is 2.57. The van der Waals surface area contributed by atoms with E-state index in [0.717, 1.165) is 39.1 Å². The maximum atomic E-state index is 5.84. The quantitative estimate of drug-likeness (QED) is 0.808. The molecule has 0 atom stereocenters. The highest BCUT2D eigenvalue weighted by atomic mass is 32.1. The van der Waals surface area contributed by atoms with E-state index in [1.165, 1.54) is 5.56 Å². The van der Waals surface area contributed by atoms with Gasteiger partial charge in [-0.2, -0.15) is 5.10 Å². The van der Waals surface area contributed by atoms with Crippen LogP contribution in [0.5, 0.6) is 0 Å². The Kier molecular flexibility index (Phi) is 4.78. The van der Waals surface area contributed by atoms with E-state index < -0.39 is 0 Å². The second kappa shape index (κ2) is 6.20. The van der Waals surface area contributed by atoms with Gasteiger partial charge in [0.2, 0.25) is 0 Å². The first-order chi connectivity index (χ1) is 9.39. The molecule has 112 valence electrons. The summed E-state index contributed by atoms with van der Waals surface area (Å²) in [7, 11) is 1.96. The Morgan fingerprint density at radius 1 is 1.35 bits per heavy atom. The van der Waals surface area contributed by atoms with Crippen molar-refractivity contribution in [2.75, 3.05) is 32.7 Å². The van der Waals surface area contributed by atoms with Gasteiger partial charge in [-0.25, -0.2) is 0 Å². The Bertz CT molecular complexity index is 460. The topological polar surface area (TPSA) is 50.3 Å². The minimum Gasteiger partial charge on any atom is -0.392 e. The Morgan fingerprint density at radius 2 is 2.00 bits per heavy atom. The Hall–Kier alpha value is -0.980. The average molecular weight is 295 g/mol. The van der Waals surface area contributed by atoms with Crippen LogP contribution in [0, 0.1) is 0 Å². The SMILES string of the molecule is Cn1cc(CCN2CCN(C(C)(C)C(N)=S)CC2)cn1. The highest BCUT2D eigenvalue weighted by Gasteiger charge is 2.32. The van der Waals surface area contributed by atoms with Crippen molar-refractivity contribution in [1.82, 2.24) is 19.6 Å². The highest BCUT2D eigenvalue weighted by molar-refractivity contribution is 7.80. The maximum absolute atomic E-state index is 5.84. The first kappa shape index (κ1) is 15.4. The van der Waals surface area contributed by atoms with Gasteiger partial charge in [-0.15, -0.1) is 0 Å². The summed E-state index contributed by atoms with van der Waals surface area (Å²) in [4.78, 5) is 5.47. The number of nitrogens with zero attached hydrogens (tertiary/aromatic N) is 4. The number of aromatic nitrogens is 2. The van der Waals surface area contributed by atoms with E-state index in [1.807, 2.05) is 17.9 Å². The van der Waals surface area contributed by atoms with Gasteiger partial charge in [-0.05, 0) is 25.8 Å². The maximum Gasteiger partial charge on any atom is 0.0928 e. The third kappa shape index (κ3) is 3.56. The van der Waals surface area contributed by atoms with Gasteiger partial charge in [0.25, 0.3) is 0 Å². The lowest BCUT2D eigenvalue weighted by atomic mass is 10.0. The lowest BCUT2D eigenvalue weighted by molar-refractivity contribution is 0.0867. The van der Waals surface area contributed by atoms with E-state index in [0.29, 0.717) is 4.99 Å². The average Bonchev–Trinajstić information content (AvgIpc) is 2.82. The fourth-order valence-corrected chi connectivity index (χ4v) is 2.70. The molecule has 0 aliphatic carbocycles. The monoisotopic (exact) mass is 295 g/mol. The van der Waals surface area contributed by atoms with Crippen LogP contribution in [-0.2, 0) is 13.5 Å². The first-order valence-electron chi connectivity index (χ1n) is 7.14. The van der Waals surface area contributed by atoms with Crippen LogP contribution in [0.2, 0.25) is 0 Å². The Labute approximate surface area is 126 Å². The fraction of sp³-hybridized carbons (Fsp3) is 0.714. The van der Waals surface area contributed by atoms with Crippen molar-refractivity contribution >= 4 is 17.2 Å². The van der Waals surface area contributed by atoms with Crippen molar-refractivity contribution in [3.8, 4) is 0 Å². The predicted octanol–water partition coefficient (Wildman–Crippen LogP) is 0.645. The van der Waals surface area contributed by atoms with Gasteiger partial charge in [0.1, 0.15) is 0 Å². The minimum absolute atomic E-state index is 0.176. The van der Waals surface area contributed by atoms with Crippen LogP contribution in [0.4, 0.5) is 0 Å². The standard InChI is InChI=1S/C14H25N5S/c1-14(2,13(15)20)19-8-6-18(7-9-19)5-4-12-10-16-17(3)11-12/h10-11H,4-9H2,1-3H3,(H2,15,20). The van der Waals surface area contributed by atoms with Crippen LogP contribution < -0.4 is 5.73 Å². The molecule has 6 heteroatoms. The van der Waals surface area contributed by atoms with E-state index in [-0.39, 0.29) is 5.54 Å². The zero-order valence-electron chi connectivity index (χ0n) is 12.7. The molecule has 2 rings (SSSR count). The van der Waals surface area contributed by atoms with E-state index in [1.54, 1.807) is 0 Å². The van der Waals surface area contributed by atoms with Gasteiger partial charge in [0.05, 0.1) is 16.7 Å². The predicted molar refractivity (Wildman–Crippen MR) is 85.8 cm³/mol. The molecule has 1 aromatic heterocycles. The normalized spacial score (nSPS) is 18.4. The summed E-state index contributed by atoms with van der Waals surface area (Å²) >= 11 is 5.17. The van der Waals surface area contributed by atoms with Crippen LogP contribution in [0.3, 0.4) is 0 Å². The summed E-state index contributed by atoms with van der Waals surface area (Å²) in [6.07, 6.45) is 5.10. The molecule has 1 fully saturated rings. The van der Waals surface area contributed by atoms with Crippen molar-refractivity contribution in [1.29, 1.82) is 0 Å². The number of rotatable bonds is 5. The van der Waals surface area contributed by atoms with E-state index in [4.69, 9.17) is 18.0 Å². The molecular formula is C14H25N5S. The third-order valence-electron chi connectivity index (χ3n) is 4.24. The van der Waals surface area contributed by atoms with Crippen LogP contribution in [0.15, 0.2) is 12.4 Å². The molecule has 0 aromatic carbocycles. The zero-order chi connectivity index (χ0) is 14.8. The van der Waals surface area contributed by atoms with Gasteiger partial charge in [-0.1, -0.05) is 12.2 Å². The van der Waals surface area contributed by atoms with Gasteiger partial charge in [0.15, 0.2) is 0 Å². The first-order valence-corrected chi connectivity index (χ1v) is 7.55. The van der Waals surface area contributed by atoms with Crippen LogP contribution in [0.1, 0.15) is 19.4 Å². The van der Waals surface area contributed by atoms with Crippen LogP contribution >= 0.6 is 12.2 Å². The molecule has 0 unspecified atom stereocenters. The minimum atomic E-state index is -0.176. The molecule has 0 radical (unpaired) electrons. The molecule has 1 aliphatic heterocycles. The molecule has 0 spiro atoms. The summed E-state index contributed by atoms with van der Waals surface area (Å²) in [6, 6.07) is 0. The van der Waals surface area contributed by atoms with Crippen LogP contribution in [-0.4, -0.2) is 62.8 Å². The second-order valence-corrected chi connectivity index (χ2v) is 6.46. The second-order valence-electron chi connectivity index (χ2n) is 6.02. The van der Waals surface area contributed by atoms with Crippen molar-refractivity contribution in [2.45, 2.75) is 25.8 Å². The van der Waals surface area contributed by atoms with E-state index >= 15 is 0 Å². The molecule has 20 heavy (non-hydrogen) atoms. The van der Waals surface area contributed by atoms with E-state index in [2.05, 4.69) is 34.9 Å². The lowest BCUT2D eigenvalue weighted by Crippen LogP contribution is -2.59. The Balaban J connectivity index is 1.78. The molecular weight excluding hydrogens is 270 g/mol.